The van der Waals surface area contributed by atoms with E-state index in [0.29, 0.717) is 6.54 Å². The highest BCUT2D eigenvalue weighted by Crippen LogP contribution is 2.16. The largest absolute Gasteiger partial charge is 0.342 e. The molecule has 0 unspecified atom stereocenters. The Bertz CT molecular complexity index is 520. The number of benzene rings is 1. The summed E-state index contributed by atoms with van der Waals surface area (Å²) < 4.78 is 0. The Morgan fingerprint density at radius 3 is 2.69 bits per heavy atom. The first-order valence-electron chi connectivity index (χ1n) is 4.91. The van der Waals surface area contributed by atoms with E-state index in [1.165, 1.54) is 0 Å². The molecule has 2 aromatic rings. The van der Waals surface area contributed by atoms with Crippen LogP contribution in [0.25, 0.3) is 21.8 Å². The van der Waals surface area contributed by atoms with Gasteiger partial charge in [0.15, 0.2) is 0 Å². The molecule has 0 aliphatic heterocycles. The molecular formula is C11H11N5. The molecule has 0 spiro atoms. The minimum Gasteiger partial charge on any atom is -0.342 e. The van der Waals surface area contributed by atoms with Gasteiger partial charge in [0.1, 0.15) is 5.82 Å². The van der Waals surface area contributed by atoms with E-state index in [4.69, 9.17) is 5.53 Å². The molecule has 80 valence electrons. The Kier molecular flexibility index (Phi) is 2.89. The lowest BCUT2D eigenvalue weighted by atomic mass is 10.1. The fourth-order valence-corrected chi connectivity index (χ4v) is 1.44. The van der Waals surface area contributed by atoms with E-state index in [0.717, 1.165) is 22.6 Å². The molecule has 0 aliphatic carbocycles. The number of nitrogens with one attached hydrogen (secondary N) is 1. The number of hydrogen-bond acceptors (Lipinski definition) is 2. The van der Waals surface area contributed by atoms with Crippen molar-refractivity contribution < 1.29 is 0 Å². The average molecular weight is 213 g/mol. The number of hydrogen-bond donors (Lipinski definition) is 1. The lowest BCUT2D eigenvalue weighted by molar-refractivity contribution is 1.05. The van der Waals surface area contributed by atoms with Gasteiger partial charge in [-0.3, -0.25) is 0 Å². The third-order valence-corrected chi connectivity index (χ3v) is 2.25. The summed E-state index contributed by atoms with van der Waals surface area (Å²) in [6.45, 7) is 2.35. The van der Waals surface area contributed by atoms with Crippen molar-refractivity contribution in [2.45, 2.75) is 13.5 Å². The van der Waals surface area contributed by atoms with Crippen molar-refractivity contribution in [3.63, 3.8) is 0 Å². The van der Waals surface area contributed by atoms with Crippen LogP contribution in [0.2, 0.25) is 0 Å². The molecular weight excluding hydrogens is 202 g/mol. The third kappa shape index (κ3) is 2.21. The molecule has 0 saturated heterocycles. The van der Waals surface area contributed by atoms with Crippen molar-refractivity contribution in [1.29, 1.82) is 0 Å². The highest BCUT2D eigenvalue weighted by atomic mass is 15.1. The molecule has 16 heavy (non-hydrogen) atoms. The van der Waals surface area contributed by atoms with E-state index in [9.17, 15) is 0 Å². The van der Waals surface area contributed by atoms with Crippen molar-refractivity contribution in [2.24, 2.45) is 5.11 Å². The number of aromatic nitrogens is 2. The zero-order chi connectivity index (χ0) is 11.4. The molecule has 2 rings (SSSR count). The monoisotopic (exact) mass is 213 g/mol. The molecule has 1 heterocycles. The Morgan fingerprint density at radius 2 is 2.12 bits per heavy atom. The number of azide groups is 1. The van der Waals surface area contributed by atoms with E-state index in [1.807, 2.05) is 31.2 Å². The van der Waals surface area contributed by atoms with Crippen molar-refractivity contribution in [2.75, 3.05) is 0 Å². The predicted molar refractivity (Wildman–Crippen MR) is 61.6 cm³/mol. The average Bonchev–Trinajstić information content (AvgIpc) is 2.74. The smallest absolute Gasteiger partial charge is 0.137 e. The summed E-state index contributed by atoms with van der Waals surface area (Å²) >= 11 is 0. The van der Waals surface area contributed by atoms with Crippen LogP contribution in [-0.2, 0) is 6.54 Å². The molecule has 1 aromatic carbocycles. The predicted octanol–water partition coefficient (Wildman–Crippen LogP) is 3.20. The lowest BCUT2D eigenvalue weighted by Crippen LogP contribution is -1.83. The zero-order valence-corrected chi connectivity index (χ0v) is 8.88. The molecule has 0 amide bonds. The van der Waals surface area contributed by atoms with Crippen molar-refractivity contribution >= 4 is 0 Å². The number of aromatic amines is 1. The van der Waals surface area contributed by atoms with Crippen LogP contribution in [0.15, 0.2) is 35.6 Å². The SMILES string of the molecule is Cc1cnc(-c2ccc(CN=[N+]=[N-])cc2)[nH]1. The van der Waals surface area contributed by atoms with Crippen LogP contribution in [0.5, 0.6) is 0 Å². The summed E-state index contributed by atoms with van der Waals surface area (Å²) in [6, 6.07) is 7.78. The molecule has 0 saturated carbocycles. The first kappa shape index (κ1) is 10.3. The summed E-state index contributed by atoms with van der Waals surface area (Å²) in [4.78, 5) is 10.1. The number of nitrogens with zero attached hydrogens (tertiary/aromatic N) is 4. The van der Waals surface area contributed by atoms with Crippen LogP contribution < -0.4 is 0 Å². The van der Waals surface area contributed by atoms with E-state index in [1.54, 1.807) is 6.20 Å². The minimum absolute atomic E-state index is 0.383. The van der Waals surface area contributed by atoms with E-state index >= 15 is 0 Å². The molecule has 0 atom stereocenters. The molecule has 0 radical (unpaired) electrons. The van der Waals surface area contributed by atoms with Crippen LogP contribution in [0.3, 0.4) is 0 Å². The van der Waals surface area contributed by atoms with Gasteiger partial charge < -0.3 is 4.98 Å². The second-order valence-electron chi connectivity index (χ2n) is 3.50. The molecule has 5 heteroatoms. The first-order valence-corrected chi connectivity index (χ1v) is 4.91. The Hall–Kier alpha value is -2.26. The quantitative estimate of drug-likeness (QED) is 0.474. The van der Waals surface area contributed by atoms with Gasteiger partial charge in [-0.2, -0.15) is 0 Å². The summed E-state index contributed by atoms with van der Waals surface area (Å²) in [5.41, 5.74) is 11.3. The summed E-state index contributed by atoms with van der Waals surface area (Å²) in [5, 5.41) is 3.51. The van der Waals surface area contributed by atoms with E-state index < -0.39 is 0 Å². The summed E-state index contributed by atoms with van der Waals surface area (Å²) in [5.74, 6) is 0.854. The fraction of sp³-hybridized carbons (Fsp3) is 0.182. The number of aryl methyl sites for hydroxylation is 1. The first-order chi connectivity index (χ1) is 7.79. The highest BCUT2D eigenvalue weighted by Gasteiger charge is 2.00. The standard InChI is InChI=1S/C11H11N5/c1-8-6-13-11(15-8)10-4-2-9(3-5-10)7-14-16-12/h2-6H,7H2,1H3,(H,13,15). The van der Waals surface area contributed by atoms with Crippen molar-refractivity contribution in [1.82, 2.24) is 9.97 Å². The van der Waals surface area contributed by atoms with Gasteiger partial charge in [0.25, 0.3) is 0 Å². The minimum atomic E-state index is 0.383. The van der Waals surface area contributed by atoms with Crippen LogP contribution >= 0.6 is 0 Å². The van der Waals surface area contributed by atoms with E-state index in [2.05, 4.69) is 20.0 Å². The van der Waals surface area contributed by atoms with Crippen LogP contribution in [0, 0.1) is 6.92 Å². The Labute approximate surface area is 92.8 Å². The van der Waals surface area contributed by atoms with Gasteiger partial charge in [0.05, 0.1) is 6.54 Å². The lowest BCUT2D eigenvalue weighted by Gasteiger charge is -1.99. The fourth-order valence-electron chi connectivity index (χ4n) is 1.44. The van der Waals surface area contributed by atoms with Gasteiger partial charge in [-0.15, -0.1) is 0 Å². The molecule has 5 nitrogen and oxygen atoms in total. The molecule has 0 bridgehead atoms. The normalized spacial score (nSPS) is 9.81. The van der Waals surface area contributed by atoms with Crippen LogP contribution in [0.4, 0.5) is 0 Å². The number of H-pyrrole nitrogens is 1. The maximum absolute atomic E-state index is 8.21. The van der Waals surface area contributed by atoms with Gasteiger partial charge in [-0.05, 0) is 18.0 Å². The highest BCUT2D eigenvalue weighted by molar-refractivity contribution is 5.55. The molecule has 0 aliphatic rings. The second kappa shape index (κ2) is 4.51. The maximum atomic E-state index is 8.21. The second-order valence-corrected chi connectivity index (χ2v) is 3.50. The summed E-state index contributed by atoms with van der Waals surface area (Å²) in [6.07, 6.45) is 1.79. The molecule has 1 aromatic heterocycles. The Balaban J connectivity index is 2.22. The molecule has 1 N–H and O–H groups in total. The number of rotatable bonds is 3. The van der Waals surface area contributed by atoms with Gasteiger partial charge >= 0.3 is 0 Å². The van der Waals surface area contributed by atoms with Gasteiger partial charge in [-0.1, -0.05) is 29.4 Å². The Morgan fingerprint density at radius 1 is 1.38 bits per heavy atom. The topological polar surface area (TPSA) is 77.4 Å². The third-order valence-electron chi connectivity index (χ3n) is 2.25. The van der Waals surface area contributed by atoms with Crippen molar-refractivity contribution in [3.8, 4) is 11.4 Å². The maximum Gasteiger partial charge on any atom is 0.137 e. The molecule has 0 fully saturated rings. The summed E-state index contributed by atoms with van der Waals surface area (Å²) in [7, 11) is 0. The van der Waals surface area contributed by atoms with Crippen molar-refractivity contribution in [3.05, 3.63) is 52.2 Å². The van der Waals surface area contributed by atoms with Crippen LogP contribution in [-0.4, -0.2) is 9.97 Å². The van der Waals surface area contributed by atoms with Gasteiger partial charge in [0.2, 0.25) is 0 Å². The number of imidazole rings is 1. The van der Waals surface area contributed by atoms with E-state index in [-0.39, 0.29) is 0 Å². The van der Waals surface area contributed by atoms with Crippen LogP contribution in [0.1, 0.15) is 11.3 Å². The zero-order valence-electron chi connectivity index (χ0n) is 8.88. The van der Waals surface area contributed by atoms with Gasteiger partial charge in [0, 0.05) is 22.4 Å². The van der Waals surface area contributed by atoms with Gasteiger partial charge in [-0.25, -0.2) is 4.98 Å².